The lowest BCUT2D eigenvalue weighted by Gasteiger charge is -2.08. The van der Waals surface area contributed by atoms with E-state index in [9.17, 15) is 9.90 Å². The Morgan fingerprint density at radius 2 is 2.15 bits per heavy atom. The van der Waals surface area contributed by atoms with E-state index in [1.54, 1.807) is 13.0 Å². The van der Waals surface area contributed by atoms with Crippen molar-refractivity contribution in [2.45, 2.75) is 13.0 Å². The zero-order valence-corrected chi connectivity index (χ0v) is 7.90. The summed E-state index contributed by atoms with van der Waals surface area (Å²) in [5, 5.41) is 9.22. The molecule has 0 fully saturated rings. The Hall–Kier alpha value is -1.35. The van der Waals surface area contributed by atoms with E-state index >= 15 is 0 Å². The van der Waals surface area contributed by atoms with Crippen LogP contribution in [0.3, 0.4) is 0 Å². The summed E-state index contributed by atoms with van der Waals surface area (Å²) in [5.74, 6) is 0. The molecule has 1 atom stereocenters. The van der Waals surface area contributed by atoms with Crippen LogP contribution in [0, 0.1) is 0 Å². The van der Waals surface area contributed by atoms with E-state index < -0.39 is 6.10 Å². The van der Waals surface area contributed by atoms with Crippen molar-refractivity contribution in [2.24, 2.45) is 0 Å². The molecule has 13 heavy (non-hydrogen) atoms. The smallest absolute Gasteiger partial charge is 0.293 e. The molecule has 0 amide bonds. The Labute approximate surface area is 79.0 Å². The number of allylic oxidation sites excluding steroid dienone is 1. The van der Waals surface area contributed by atoms with E-state index in [4.69, 9.17) is 0 Å². The van der Waals surface area contributed by atoms with Gasteiger partial charge in [-0.1, -0.05) is 18.7 Å². The standard InChI is InChI=1S/C8H12O3.C2H4/c1-3-7(4-2)8(10)5-11-6-9;1-2/h3-4,6,8,10H,1,5H2,2H3;1-2H2/b7-4+;. The Balaban J connectivity index is 0. The van der Waals surface area contributed by atoms with Gasteiger partial charge in [-0.05, 0) is 12.5 Å². The average Bonchev–Trinajstić information content (AvgIpc) is 2.19. The third kappa shape index (κ3) is 7.03. The van der Waals surface area contributed by atoms with Crippen LogP contribution in [0.25, 0.3) is 0 Å². The van der Waals surface area contributed by atoms with Crippen molar-refractivity contribution in [1.82, 2.24) is 0 Å². The third-order valence-electron chi connectivity index (χ3n) is 1.28. The SMILES string of the molecule is C=C.C=C/C(=C\C)C(O)COC=O. The fraction of sp³-hybridized carbons (Fsp3) is 0.300. The predicted molar refractivity (Wildman–Crippen MR) is 53.2 cm³/mol. The Kier molecular flexibility index (Phi) is 11.6. The summed E-state index contributed by atoms with van der Waals surface area (Å²) in [6.07, 6.45) is 2.48. The molecular weight excluding hydrogens is 168 g/mol. The van der Waals surface area contributed by atoms with E-state index in [2.05, 4.69) is 24.5 Å². The lowest BCUT2D eigenvalue weighted by Crippen LogP contribution is -2.16. The van der Waals surface area contributed by atoms with Gasteiger partial charge in [-0.2, -0.15) is 0 Å². The van der Waals surface area contributed by atoms with Crippen molar-refractivity contribution in [3.8, 4) is 0 Å². The van der Waals surface area contributed by atoms with Gasteiger partial charge in [0, 0.05) is 0 Å². The minimum atomic E-state index is -0.761. The highest BCUT2D eigenvalue weighted by molar-refractivity contribution is 5.37. The van der Waals surface area contributed by atoms with Crippen LogP contribution >= 0.6 is 0 Å². The highest BCUT2D eigenvalue weighted by Gasteiger charge is 2.05. The van der Waals surface area contributed by atoms with Gasteiger partial charge in [-0.25, -0.2) is 0 Å². The molecule has 0 aliphatic carbocycles. The monoisotopic (exact) mass is 184 g/mol. The first-order valence-corrected chi connectivity index (χ1v) is 3.78. The van der Waals surface area contributed by atoms with Gasteiger partial charge in [0.25, 0.3) is 6.47 Å². The van der Waals surface area contributed by atoms with Crippen molar-refractivity contribution < 1.29 is 14.6 Å². The number of hydrogen-bond acceptors (Lipinski definition) is 3. The van der Waals surface area contributed by atoms with E-state index in [0.717, 1.165) is 0 Å². The van der Waals surface area contributed by atoms with E-state index in [1.165, 1.54) is 6.08 Å². The molecule has 3 heteroatoms. The normalized spacial score (nSPS) is 12.0. The zero-order valence-electron chi connectivity index (χ0n) is 7.90. The summed E-state index contributed by atoms with van der Waals surface area (Å²) in [5.41, 5.74) is 0.659. The van der Waals surface area contributed by atoms with Crippen molar-refractivity contribution in [1.29, 1.82) is 0 Å². The van der Waals surface area contributed by atoms with Gasteiger partial charge in [-0.3, -0.25) is 4.79 Å². The molecule has 74 valence electrons. The Morgan fingerprint density at radius 3 is 2.46 bits per heavy atom. The quantitative estimate of drug-likeness (QED) is 0.399. The minimum Gasteiger partial charge on any atom is -0.465 e. The first kappa shape index (κ1) is 14.2. The summed E-state index contributed by atoms with van der Waals surface area (Å²) < 4.78 is 4.36. The molecule has 0 rings (SSSR count). The summed E-state index contributed by atoms with van der Waals surface area (Å²) in [4.78, 5) is 9.73. The second kappa shape index (κ2) is 10.7. The molecule has 1 unspecified atom stereocenters. The number of rotatable bonds is 5. The molecule has 0 spiro atoms. The summed E-state index contributed by atoms with van der Waals surface area (Å²) in [7, 11) is 0. The van der Waals surface area contributed by atoms with Gasteiger partial charge in [-0.15, -0.1) is 13.2 Å². The first-order chi connectivity index (χ1) is 6.26. The summed E-state index contributed by atoms with van der Waals surface area (Å²) >= 11 is 0. The number of carbonyl (C=O) groups is 1. The molecule has 0 aromatic carbocycles. The molecule has 0 bridgehead atoms. The molecule has 0 radical (unpaired) electrons. The summed E-state index contributed by atoms with van der Waals surface area (Å²) in [6.45, 7) is 11.6. The number of aliphatic hydroxyl groups is 1. The van der Waals surface area contributed by atoms with Gasteiger partial charge in [0.15, 0.2) is 0 Å². The molecule has 0 saturated carbocycles. The molecule has 0 aromatic rings. The highest BCUT2D eigenvalue weighted by Crippen LogP contribution is 2.02. The van der Waals surface area contributed by atoms with E-state index in [-0.39, 0.29) is 6.61 Å². The van der Waals surface area contributed by atoms with Crippen LogP contribution in [0.4, 0.5) is 0 Å². The molecule has 0 heterocycles. The number of carbonyl (C=O) groups excluding carboxylic acids is 1. The average molecular weight is 184 g/mol. The van der Waals surface area contributed by atoms with Gasteiger partial charge in [0.05, 0.1) is 0 Å². The van der Waals surface area contributed by atoms with Crippen molar-refractivity contribution >= 4 is 6.47 Å². The van der Waals surface area contributed by atoms with Crippen LogP contribution < -0.4 is 0 Å². The molecule has 0 aliphatic rings. The lowest BCUT2D eigenvalue weighted by molar-refractivity contribution is -0.130. The molecular formula is C10H16O3. The second-order valence-corrected chi connectivity index (χ2v) is 1.94. The Morgan fingerprint density at radius 1 is 1.62 bits per heavy atom. The van der Waals surface area contributed by atoms with Gasteiger partial charge >= 0.3 is 0 Å². The van der Waals surface area contributed by atoms with E-state index in [0.29, 0.717) is 12.0 Å². The van der Waals surface area contributed by atoms with Crippen molar-refractivity contribution in [2.75, 3.05) is 6.61 Å². The van der Waals surface area contributed by atoms with Gasteiger partial charge in [0.2, 0.25) is 0 Å². The highest BCUT2D eigenvalue weighted by atomic mass is 16.5. The van der Waals surface area contributed by atoms with Crippen LogP contribution in [0.15, 0.2) is 37.5 Å². The molecule has 1 N–H and O–H groups in total. The largest absolute Gasteiger partial charge is 0.465 e. The first-order valence-electron chi connectivity index (χ1n) is 3.78. The van der Waals surface area contributed by atoms with E-state index in [1.807, 2.05) is 0 Å². The Bertz CT molecular complexity index is 173. The van der Waals surface area contributed by atoms with Crippen LogP contribution in [-0.4, -0.2) is 24.3 Å². The molecule has 0 saturated heterocycles. The molecule has 3 nitrogen and oxygen atoms in total. The van der Waals surface area contributed by atoms with Crippen LogP contribution in [0.2, 0.25) is 0 Å². The summed E-state index contributed by atoms with van der Waals surface area (Å²) in [6, 6.07) is 0. The number of hydrogen-bond donors (Lipinski definition) is 1. The zero-order chi connectivity index (χ0) is 10.7. The van der Waals surface area contributed by atoms with Gasteiger partial charge < -0.3 is 9.84 Å². The lowest BCUT2D eigenvalue weighted by atomic mass is 10.1. The fourth-order valence-electron chi connectivity index (χ4n) is 0.673. The molecule has 0 aliphatic heterocycles. The predicted octanol–water partition coefficient (Wildman–Crippen LogP) is 1.45. The van der Waals surface area contributed by atoms with Crippen LogP contribution in [0.5, 0.6) is 0 Å². The number of ether oxygens (including phenoxy) is 1. The number of aliphatic hydroxyl groups excluding tert-OH is 1. The molecule has 0 aromatic heterocycles. The van der Waals surface area contributed by atoms with Gasteiger partial charge in [0.1, 0.15) is 12.7 Å². The van der Waals surface area contributed by atoms with Crippen molar-refractivity contribution in [3.63, 3.8) is 0 Å². The second-order valence-electron chi connectivity index (χ2n) is 1.94. The minimum absolute atomic E-state index is 0.0187. The topological polar surface area (TPSA) is 46.5 Å². The van der Waals surface area contributed by atoms with Crippen LogP contribution in [0.1, 0.15) is 6.92 Å². The fourth-order valence-corrected chi connectivity index (χ4v) is 0.673. The van der Waals surface area contributed by atoms with Crippen molar-refractivity contribution in [3.05, 3.63) is 37.5 Å². The maximum absolute atomic E-state index is 9.73. The maximum Gasteiger partial charge on any atom is 0.293 e. The third-order valence-corrected chi connectivity index (χ3v) is 1.28. The van der Waals surface area contributed by atoms with Crippen LogP contribution in [-0.2, 0) is 9.53 Å². The maximum atomic E-state index is 9.73.